The van der Waals surface area contributed by atoms with E-state index in [1.165, 1.54) is 0 Å². The van der Waals surface area contributed by atoms with Crippen molar-refractivity contribution in [3.8, 4) is 5.75 Å². The Kier molecular flexibility index (Phi) is 9.03. The molecule has 3 heterocycles. The van der Waals surface area contributed by atoms with Crippen LogP contribution in [0.2, 0.25) is 0 Å². The monoisotopic (exact) mass is 578 g/mol. The molecule has 2 saturated heterocycles. The van der Waals surface area contributed by atoms with Crippen LogP contribution in [0, 0.1) is 0 Å². The molecule has 0 bridgehead atoms. The number of anilines is 1. The van der Waals surface area contributed by atoms with E-state index in [-0.39, 0.29) is 25.0 Å². The molecule has 2 atom stereocenters. The van der Waals surface area contributed by atoms with Gasteiger partial charge in [0.15, 0.2) is 0 Å². The third-order valence-corrected chi connectivity index (χ3v) is 9.35. The summed E-state index contributed by atoms with van der Waals surface area (Å²) in [5, 5.41) is 9.95. The molecule has 0 aliphatic carbocycles. The molecule has 5 rings (SSSR count). The Hall–Kier alpha value is -3.63. The maximum absolute atomic E-state index is 12.9. The number of likely N-dealkylation sites (tertiary alicyclic amines) is 1. The fraction of sp³-hybridized carbons (Fsp3) is 0.531. The van der Waals surface area contributed by atoms with Crippen molar-refractivity contribution < 1.29 is 29.0 Å². The van der Waals surface area contributed by atoms with Gasteiger partial charge in [0.2, 0.25) is 5.91 Å². The Morgan fingerprint density at radius 2 is 1.62 bits per heavy atom. The first-order chi connectivity index (χ1) is 20.2. The molecule has 2 aromatic carbocycles. The highest BCUT2D eigenvalue weighted by molar-refractivity contribution is 5.89. The van der Waals surface area contributed by atoms with Crippen LogP contribution in [0.15, 0.2) is 42.5 Å². The number of amides is 1. The molecule has 3 aliphatic rings. The predicted octanol–water partition coefficient (Wildman–Crippen LogP) is 2.69. The van der Waals surface area contributed by atoms with Crippen LogP contribution in [-0.2, 0) is 19.7 Å². The zero-order valence-electron chi connectivity index (χ0n) is 24.9. The van der Waals surface area contributed by atoms with Crippen molar-refractivity contribution in [1.29, 1.82) is 0 Å². The molecule has 1 N–H and O–H groups in total. The lowest BCUT2D eigenvalue weighted by molar-refractivity contribution is -0.138. The second-order valence-electron chi connectivity index (χ2n) is 11.6. The van der Waals surface area contributed by atoms with E-state index in [0.29, 0.717) is 24.4 Å². The number of carboxylic acids is 1. The van der Waals surface area contributed by atoms with E-state index >= 15 is 0 Å². The summed E-state index contributed by atoms with van der Waals surface area (Å²) in [5.74, 6) is -0.396. The van der Waals surface area contributed by atoms with E-state index in [2.05, 4.69) is 14.7 Å². The van der Waals surface area contributed by atoms with Crippen LogP contribution in [0.3, 0.4) is 0 Å². The van der Waals surface area contributed by atoms with Gasteiger partial charge < -0.3 is 24.4 Å². The third kappa shape index (κ3) is 5.96. The van der Waals surface area contributed by atoms with E-state index in [9.17, 15) is 19.5 Å². The Balaban J connectivity index is 1.18. The number of rotatable bonds is 10. The van der Waals surface area contributed by atoms with Crippen LogP contribution in [0.4, 0.5) is 5.69 Å². The number of ether oxygens (including phenoxy) is 2. The first kappa shape index (κ1) is 29.8. The first-order valence-corrected chi connectivity index (χ1v) is 14.9. The molecule has 42 heavy (non-hydrogen) atoms. The number of esters is 1. The maximum atomic E-state index is 12.9. The minimum atomic E-state index is -0.895. The molecule has 0 aromatic heterocycles. The molecule has 2 unspecified atom stereocenters. The number of hydrogen-bond donors (Lipinski definition) is 1. The summed E-state index contributed by atoms with van der Waals surface area (Å²) in [4.78, 5) is 46.0. The number of benzene rings is 2. The van der Waals surface area contributed by atoms with Gasteiger partial charge in [-0.05, 0) is 61.2 Å². The van der Waals surface area contributed by atoms with Gasteiger partial charge >= 0.3 is 11.9 Å². The summed E-state index contributed by atoms with van der Waals surface area (Å²) < 4.78 is 11.1. The SMILES string of the molecule is COc1ccc2c(c1)C(CC(=O)O)(c1ccc(C(=O)OCCN3CCN(CC(=O)N4CCCC4)CC3)cc1)C(C)N2C. The zero-order chi connectivity index (χ0) is 29.9. The lowest BCUT2D eigenvalue weighted by Crippen LogP contribution is -2.50. The Morgan fingerprint density at radius 1 is 0.952 bits per heavy atom. The van der Waals surface area contributed by atoms with E-state index in [0.717, 1.165) is 68.9 Å². The summed E-state index contributed by atoms with van der Waals surface area (Å²) >= 11 is 0. The molecule has 0 radical (unpaired) electrons. The van der Waals surface area contributed by atoms with Gasteiger partial charge in [-0.3, -0.25) is 19.4 Å². The average Bonchev–Trinajstić information content (AvgIpc) is 3.61. The fourth-order valence-electron chi connectivity index (χ4n) is 6.73. The topological polar surface area (TPSA) is 103 Å². The van der Waals surface area contributed by atoms with E-state index in [1.54, 1.807) is 19.2 Å². The van der Waals surface area contributed by atoms with Gasteiger partial charge in [-0.2, -0.15) is 0 Å². The average molecular weight is 579 g/mol. The van der Waals surface area contributed by atoms with E-state index in [4.69, 9.17) is 9.47 Å². The summed E-state index contributed by atoms with van der Waals surface area (Å²) in [6, 6.07) is 12.8. The number of methoxy groups -OCH3 is 1. The number of aliphatic carboxylic acids is 1. The summed E-state index contributed by atoms with van der Waals surface area (Å²) in [6.07, 6.45) is 2.12. The smallest absolute Gasteiger partial charge is 0.338 e. The van der Waals surface area contributed by atoms with Crippen molar-refractivity contribution in [2.45, 2.75) is 37.6 Å². The molecule has 10 heteroatoms. The number of hydrogen-bond acceptors (Lipinski definition) is 8. The van der Waals surface area contributed by atoms with Gasteiger partial charge in [-0.25, -0.2) is 4.79 Å². The summed E-state index contributed by atoms with van der Waals surface area (Å²) in [7, 11) is 3.57. The quantitative estimate of drug-likeness (QED) is 0.427. The largest absolute Gasteiger partial charge is 0.497 e. The number of fused-ring (bicyclic) bond motifs is 1. The molecule has 3 aliphatic heterocycles. The molecule has 2 fully saturated rings. The van der Waals surface area contributed by atoms with Crippen molar-refractivity contribution in [2.75, 3.05) is 78.0 Å². The Bertz CT molecular complexity index is 1290. The highest BCUT2D eigenvalue weighted by Gasteiger charge is 2.50. The number of carbonyl (C=O) groups is 3. The first-order valence-electron chi connectivity index (χ1n) is 14.9. The number of nitrogens with zero attached hydrogens (tertiary/aromatic N) is 4. The summed E-state index contributed by atoms with van der Waals surface area (Å²) in [6.45, 7) is 8.54. The van der Waals surface area contributed by atoms with Crippen LogP contribution in [-0.4, -0.2) is 117 Å². The predicted molar refractivity (Wildman–Crippen MR) is 159 cm³/mol. The van der Waals surface area contributed by atoms with Gasteiger partial charge in [0.25, 0.3) is 0 Å². The molecule has 10 nitrogen and oxygen atoms in total. The maximum Gasteiger partial charge on any atom is 0.338 e. The molecular weight excluding hydrogens is 536 g/mol. The van der Waals surface area contributed by atoms with Crippen molar-refractivity contribution in [3.05, 3.63) is 59.2 Å². The van der Waals surface area contributed by atoms with Crippen molar-refractivity contribution >= 4 is 23.5 Å². The zero-order valence-corrected chi connectivity index (χ0v) is 24.9. The van der Waals surface area contributed by atoms with Gasteiger partial charge in [0.1, 0.15) is 12.4 Å². The molecular formula is C32H42N4O6. The van der Waals surface area contributed by atoms with Gasteiger partial charge in [0.05, 0.1) is 31.1 Å². The van der Waals surface area contributed by atoms with Gasteiger partial charge in [0, 0.05) is 64.6 Å². The standard InChI is InChI=1S/C32H42N4O6/c1-23-32(21-30(38)39,27-20-26(41-3)10-11-28(27)33(23)2)25-8-6-24(7-9-25)31(40)42-19-18-34-14-16-35(17-15-34)22-29(37)36-12-4-5-13-36/h6-11,20,23H,4-5,12-19,21-22H2,1-3H3,(H,38,39). The van der Waals surface area contributed by atoms with Crippen LogP contribution in [0.5, 0.6) is 5.75 Å². The number of carbonyl (C=O) groups excluding carboxylic acids is 2. The summed E-state index contributed by atoms with van der Waals surface area (Å²) in [5.41, 5.74) is 2.31. The van der Waals surface area contributed by atoms with Crippen molar-refractivity contribution in [2.24, 2.45) is 0 Å². The van der Waals surface area contributed by atoms with Crippen LogP contribution in [0.25, 0.3) is 0 Å². The minimum Gasteiger partial charge on any atom is -0.497 e. The van der Waals surface area contributed by atoms with E-state index in [1.807, 2.05) is 49.2 Å². The highest BCUT2D eigenvalue weighted by Crippen LogP contribution is 2.52. The van der Waals surface area contributed by atoms with Gasteiger partial charge in [-0.15, -0.1) is 0 Å². The van der Waals surface area contributed by atoms with Crippen LogP contribution >= 0.6 is 0 Å². The van der Waals surface area contributed by atoms with Crippen molar-refractivity contribution in [1.82, 2.24) is 14.7 Å². The molecule has 226 valence electrons. The number of carboxylic acid groups (broad SMARTS) is 1. The van der Waals surface area contributed by atoms with E-state index < -0.39 is 17.4 Å². The number of piperazine rings is 1. The lowest BCUT2D eigenvalue weighted by atomic mass is 9.69. The highest BCUT2D eigenvalue weighted by atomic mass is 16.5. The lowest BCUT2D eigenvalue weighted by Gasteiger charge is -2.36. The molecule has 0 spiro atoms. The Morgan fingerprint density at radius 3 is 2.26 bits per heavy atom. The normalized spacial score (nSPS) is 22.7. The van der Waals surface area contributed by atoms with Crippen LogP contribution in [0.1, 0.15) is 47.7 Å². The van der Waals surface area contributed by atoms with Crippen molar-refractivity contribution in [3.63, 3.8) is 0 Å². The second kappa shape index (κ2) is 12.7. The fourth-order valence-corrected chi connectivity index (χ4v) is 6.73. The molecule has 2 aromatic rings. The third-order valence-electron chi connectivity index (χ3n) is 9.35. The molecule has 1 amide bonds. The van der Waals surface area contributed by atoms with Gasteiger partial charge in [-0.1, -0.05) is 12.1 Å². The van der Waals surface area contributed by atoms with Crippen LogP contribution < -0.4 is 9.64 Å². The Labute approximate surface area is 247 Å². The second-order valence-corrected chi connectivity index (χ2v) is 11.6. The number of likely N-dealkylation sites (N-methyl/N-ethyl adjacent to an activating group) is 1. The minimum absolute atomic E-state index is 0.0951. The molecule has 0 saturated carbocycles.